The Labute approximate surface area is 194 Å². The maximum atomic E-state index is 13.4. The number of rotatable bonds is 9. The molecule has 9 nitrogen and oxygen atoms in total. The van der Waals surface area contributed by atoms with Gasteiger partial charge in [-0.2, -0.15) is 0 Å². The number of nitrogens with one attached hydrogen (secondary N) is 1. The van der Waals surface area contributed by atoms with Crippen LogP contribution in [0.25, 0.3) is 0 Å². The maximum absolute atomic E-state index is 13.4. The van der Waals surface area contributed by atoms with Gasteiger partial charge in [-0.05, 0) is 31.5 Å². The van der Waals surface area contributed by atoms with Crippen LogP contribution in [0, 0.1) is 0 Å². The van der Waals surface area contributed by atoms with E-state index in [1.54, 1.807) is 25.1 Å². The van der Waals surface area contributed by atoms with Crippen LogP contribution in [0.4, 0.5) is 5.69 Å². The monoisotopic (exact) mass is 475 g/mol. The Morgan fingerprint density at radius 3 is 2.36 bits per heavy atom. The summed E-state index contributed by atoms with van der Waals surface area (Å²) >= 11 is 0. The summed E-state index contributed by atoms with van der Waals surface area (Å²) in [5.74, 6) is -0.102. The van der Waals surface area contributed by atoms with Crippen LogP contribution in [0.1, 0.15) is 19.4 Å². The number of sulfonamides is 1. The Morgan fingerprint density at radius 1 is 1.06 bits per heavy atom. The SMILES string of the molecule is CCS(=O)(=O)N(CC(=O)N(Cc1ccccc1)[C@H](C)C(=O)NC)c1ccc2c(c1)OCCO2. The first-order valence-corrected chi connectivity index (χ1v) is 12.3. The summed E-state index contributed by atoms with van der Waals surface area (Å²) in [6, 6.07) is 13.2. The van der Waals surface area contributed by atoms with Gasteiger partial charge < -0.3 is 19.7 Å². The quantitative estimate of drug-likeness (QED) is 0.593. The van der Waals surface area contributed by atoms with Crippen molar-refractivity contribution < 1.29 is 27.5 Å². The highest BCUT2D eigenvalue weighted by atomic mass is 32.2. The van der Waals surface area contributed by atoms with Crippen LogP contribution < -0.4 is 19.1 Å². The first-order chi connectivity index (χ1) is 15.8. The van der Waals surface area contributed by atoms with E-state index in [-0.39, 0.29) is 18.2 Å². The summed E-state index contributed by atoms with van der Waals surface area (Å²) in [4.78, 5) is 27.2. The molecule has 1 N–H and O–H groups in total. The Hall–Kier alpha value is -3.27. The third-order valence-electron chi connectivity index (χ3n) is 5.40. The number of hydrogen-bond donors (Lipinski definition) is 1. The lowest BCUT2D eigenvalue weighted by atomic mass is 10.1. The highest BCUT2D eigenvalue weighted by Gasteiger charge is 2.31. The fraction of sp³-hybridized carbons (Fsp3) is 0.391. The van der Waals surface area contributed by atoms with Gasteiger partial charge in [-0.25, -0.2) is 8.42 Å². The molecule has 1 aliphatic rings. The molecule has 1 aliphatic heterocycles. The third-order valence-corrected chi connectivity index (χ3v) is 7.14. The summed E-state index contributed by atoms with van der Waals surface area (Å²) in [6.07, 6.45) is 0. The van der Waals surface area contributed by atoms with Crippen LogP contribution in [0.5, 0.6) is 11.5 Å². The van der Waals surface area contributed by atoms with Crippen molar-refractivity contribution in [3.05, 3.63) is 54.1 Å². The highest BCUT2D eigenvalue weighted by Crippen LogP contribution is 2.35. The van der Waals surface area contributed by atoms with Crippen LogP contribution in [0.15, 0.2) is 48.5 Å². The molecule has 0 saturated heterocycles. The van der Waals surface area contributed by atoms with Crippen molar-refractivity contribution in [1.82, 2.24) is 10.2 Å². The van der Waals surface area contributed by atoms with Crippen LogP contribution in [0.3, 0.4) is 0 Å². The van der Waals surface area contributed by atoms with Crippen molar-refractivity contribution in [2.45, 2.75) is 26.4 Å². The number of likely N-dealkylation sites (N-methyl/N-ethyl adjacent to an activating group) is 1. The second-order valence-corrected chi connectivity index (χ2v) is 9.71. The fourth-order valence-corrected chi connectivity index (χ4v) is 4.53. The standard InChI is InChI=1S/C23H29N3O6S/c1-4-33(29,30)26(19-10-11-20-21(14-19)32-13-12-31-20)16-22(27)25(17(2)23(28)24-3)15-18-8-6-5-7-9-18/h5-11,14,17H,4,12-13,15-16H2,1-3H3,(H,24,28)/t17-/m1/s1. The van der Waals surface area contributed by atoms with E-state index in [0.717, 1.165) is 9.87 Å². The zero-order valence-electron chi connectivity index (χ0n) is 19.0. The second-order valence-electron chi connectivity index (χ2n) is 7.53. The van der Waals surface area contributed by atoms with Crippen LogP contribution in [-0.2, 0) is 26.2 Å². The molecule has 33 heavy (non-hydrogen) atoms. The summed E-state index contributed by atoms with van der Waals surface area (Å²) < 4.78 is 38.0. The first kappa shape index (κ1) is 24.4. The van der Waals surface area contributed by atoms with Crippen molar-refractivity contribution in [1.29, 1.82) is 0 Å². The predicted molar refractivity (Wildman–Crippen MR) is 125 cm³/mol. The molecule has 0 fully saturated rings. The molecule has 10 heteroatoms. The van der Waals surface area contributed by atoms with Gasteiger partial charge in [0, 0.05) is 19.7 Å². The van der Waals surface area contributed by atoms with E-state index in [2.05, 4.69) is 5.32 Å². The van der Waals surface area contributed by atoms with E-state index in [4.69, 9.17) is 9.47 Å². The minimum atomic E-state index is -3.80. The molecule has 2 aromatic rings. The average molecular weight is 476 g/mol. The van der Waals surface area contributed by atoms with Crippen molar-refractivity contribution in [3.8, 4) is 11.5 Å². The molecule has 0 saturated carbocycles. The van der Waals surface area contributed by atoms with Gasteiger partial charge in [0.1, 0.15) is 25.8 Å². The number of carbonyl (C=O) groups excluding carboxylic acids is 2. The molecule has 178 valence electrons. The van der Waals surface area contributed by atoms with E-state index in [1.165, 1.54) is 18.9 Å². The normalized spacial score (nSPS) is 13.7. The lowest BCUT2D eigenvalue weighted by Crippen LogP contribution is -2.51. The zero-order chi connectivity index (χ0) is 24.0. The van der Waals surface area contributed by atoms with Gasteiger partial charge in [-0.15, -0.1) is 0 Å². The van der Waals surface area contributed by atoms with Crippen molar-refractivity contribution in [3.63, 3.8) is 0 Å². The van der Waals surface area contributed by atoms with Crippen LogP contribution in [-0.4, -0.2) is 63.7 Å². The average Bonchev–Trinajstić information content (AvgIpc) is 2.85. The minimum absolute atomic E-state index is 0.162. The number of nitrogens with zero attached hydrogens (tertiary/aromatic N) is 2. The number of amides is 2. The number of benzene rings is 2. The van der Waals surface area contributed by atoms with Gasteiger partial charge in [0.2, 0.25) is 21.8 Å². The Bertz CT molecular complexity index is 1090. The van der Waals surface area contributed by atoms with Crippen molar-refractivity contribution in [2.24, 2.45) is 0 Å². The van der Waals surface area contributed by atoms with Gasteiger partial charge in [-0.3, -0.25) is 13.9 Å². The molecule has 0 bridgehead atoms. The number of hydrogen-bond acceptors (Lipinski definition) is 6. The lowest BCUT2D eigenvalue weighted by Gasteiger charge is -2.32. The number of ether oxygens (including phenoxy) is 2. The van der Waals surface area contributed by atoms with E-state index < -0.39 is 28.5 Å². The predicted octanol–water partition coefficient (Wildman–Crippen LogP) is 1.78. The zero-order valence-corrected chi connectivity index (χ0v) is 19.8. The van der Waals surface area contributed by atoms with Gasteiger partial charge in [0.05, 0.1) is 11.4 Å². The number of carbonyl (C=O) groups is 2. The van der Waals surface area contributed by atoms with Gasteiger partial charge >= 0.3 is 0 Å². The summed E-state index contributed by atoms with van der Waals surface area (Å²) in [7, 11) is -2.31. The molecule has 1 atom stereocenters. The van der Waals surface area contributed by atoms with Crippen LogP contribution in [0.2, 0.25) is 0 Å². The molecule has 3 rings (SSSR count). The lowest BCUT2D eigenvalue weighted by molar-refractivity contribution is -0.139. The Kier molecular flexibility index (Phi) is 7.80. The molecule has 0 radical (unpaired) electrons. The third kappa shape index (κ3) is 5.75. The smallest absolute Gasteiger partial charge is 0.244 e. The van der Waals surface area contributed by atoms with E-state index in [9.17, 15) is 18.0 Å². The molecule has 2 aromatic carbocycles. The molecule has 0 aromatic heterocycles. The molecular formula is C23H29N3O6S. The summed E-state index contributed by atoms with van der Waals surface area (Å²) in [5, 5.41) is 2.55. The minimum Gasteiger partial charge on any atom is -0.486 e. The number of fused-ring (bicyclic) bond motifs is 1. The van der Waals surface area contributed by atoms with Crippen molar-refractivity contribution >= 4 is 27.5 Å². The van der Waals surface area contributed by atoms with Crippen LogP contribution >= 0.6 is 0 Å². The first-order valence-electron chi connectivity index (χ1n) is 10.7. The second kappa shape index (κ2) is 10.6. The van der Waals surface area contributed by atoms with Gasteiger partial charge in [0.25, 0.3) is 0 Å². The Balaban J connectivity index is 1.93. The van der Waals surface area contributed by atoms with Gasteiger partial charge in [-0.1, -0.05) is 30.3 Å². The Morgan fingerprint density at radius 2 is 1.73 bits per heavy atom. The molecule has 0 aliphatic carbocycles. The molecule has 0 spiro atoms. The van der Waals surface area contributed by atoms with E-state index in [0.29, 0.717) is 30.4 Å². The molecule has 2 amide bonds. The van der Waals surface area contributed by atoms with Gasteiger partial charge in [0.15, 0.2) is 11.5 Å². The summed E-state index contributed by atoms with van der Waals surface area (Å²) in [5.41, 5.74) is 1.12. The molecule has 1 heterocycles. The highest BCUT2D eigenvalue weighted by molar-refractivity contribution is 7.92. The molecule has 0 unspecified atom stereocenters. The maximum Gasteiger partial charge on any atom is 0.244 e. The fourth-order valence-electron chi connectivity index (χ4n) is 3.48. The largest absolute Gasteiger partial charge is 0.486 e. The van der Waals surface area contributed by atoms with E-state index in [1.807, 2.05) is 30.3 Å². The molecular weight excluding hydrogens is 446 g/mol. The number of anilines is 1. The summed E-state index contributed by atoms with van der Waals surface area (Å²) in [6.45, 7) is 3.60. The topological polar surface area (TPSA) is 105 Å². The van der Waals surface area contributed by atoms with Crippen molar-refractivity contribution in [2.75, 3.05) is 36.9 Å². The van der Waals surface area contributed by atoms with E-state index >= 15 is 0 Å².